The summed E-state index contributed by atoms with van der Waals surface area (Å²) >= 11 is 0. The van der Waals surface area contributed by atoms with Crippen molar-refractivity contribution in [3.05, 3.63) is 35.4 Å². The Bertz CT molecular complexity index is 437. The number of rotatable bonds is 5. The largest absolute Gasteiger partial charge is 0.384 e. The van der Waals surface area contributed by atoms with E-state index in [4.69, 9.17) is 0 Å². The predicted octanol–water partition coefficient (Wildman–Crippen LogP) is 1.53. The molecule has 0 saturated carbocycles. The van der Waals surface area contributed by atoms with Gasteiger partial charge >= 0.3 is 0 Å². The molecule has 0 atom stereocenters. The molecule has 0 radical (unpaired) electrons. The average Bonchev–Trinajstić information content (AvgIpc) is 2.21. The molecule has 0 saturated heterocycles. The van der Waals surface area contributed by atoms with Crippen molar-refractivity contribution in [1.29, 1.82) is 0 Å². The minimum atomic E-state index is -3.55. The number of methoxy groups -OCH3 is 1. The molecule has 1 aromatic rings. The van der Waals surface area contributed by atoms with E-state index >= 15 is 0 Å². The van der Waals surface area contributed by atoms with Crippen molar-refractivity contribution in [2.75, 3.05) is 19.5 Å². The van der Waals surface area contributed by atoms with Gasteiger partial charge in [-0.25, -0.2) is 17.2 Å². The van der Waals surface area contributed by atoms with Crippen molar-refractivity contribution >= 4 is 9.84 Å². The standard InChI is InChI=1S/C10H12F2O3S/c1-15-5-6-16(13,14)7-8-9(11)3-2-4-10(8)12/h2-4H,5-7H2,1H3. The lowest BCUT2D eigenvalue weighted by atomic mass is 10.2. The smallest absolute Gasteiger partial charge is 0.156 e. The van der Waals surface area contributed by atoms with Crippen LogP contribution in [0.15, 0.2) is 18.2 Å². The highest BCUT2D eigenvalue weighted by Gasteiger charge is 2.17. The zero-order chi connectivity index (χ0) is 12.2. The third kappa shape index (κ3) is 3.53. The van der Waals surface area contributed by atoms with E-state index in [-0.39, 0.29) is 12.4 Å². The number of sulfone groups is 1. The van der Waals surface area contributed by atoms with Crippen LogP contribution in [0.5, 0.6) is 0 Å². The van der Waals surface area contributed by atoms with Gasteiger partial charge in [0.25, 0.3) is 0 Å². The lowest BCUT2D eigenvalue weighted by Crippen LogP contribution is -2.15. The van der Waals surface area contributed by atoms with E-state index in [0.29, 0.717) is 0 Å². The lowest BCUT2D eigenvalue weighted by molar-refractivity contribution is 0.217. The molecule has 0 unspecified atom stereocenters. The molecule has 0 N–H and O–H groups in total. The Hall–Kier alpha value is -1.01. The highest BCUT2D eigenvalue weighted by Crippen LogP contribution is 2.15. The Balaban J connectivity index is 2.88. The van der Waals surface area contributed by atoms with E-state index in [1.54, 1.807) is 0 Å². The number of halogens is 2. The van der Waals surface area contributed by atoms with E-state index in [9.17, 15) is 17.2 Å². The molecule has 0 bridgehead atoms. The zero-order valence-electron chi connectivity index (χ0n) is 8.74. The fourth-order valence-corrected chi connectivity index (χ4v) is 2.45. The van der Waals surface area contributed by atoms with Crippen molar-refractivity contribution in [2.24, 2.45) is 0 Å². The van der Waals surface area contributed by atoms with E-state index in [1.165, 1.54) is 13.2 Å². The first-order valence-corrected chi connectivity index (χ1v) is 6.40. The molecule has 1 rings (SSSR count). The summed E-state index contributed by atoms with van der Waals surface area (Å²) < 4.78 is 53.8. The second kappa shape index (κ2) is 5.36. The topological polar surface area (TPSA) is 43.4 Å². The normalized spacial score (nSPS) is 11.7. The Morgan fingerprint density at radius 1 is 1.25 bits per heavy atom. The Labute approximate surface area is 93.0 Å². The third-order valence-corrected chi connectivity index (χ3v) is 3.54. The van der Waals surface area contributed by atoms with Crippen LogP contribution in [0.25, 0.3) is 0 Å². The SMILES string of the molecule is COCCS(=O)(=O)Cc1c(F)cccc1F. The minimum absolute atomic E-state index is 0.0123. The summed E-state index contributed by atoms with van der Waals surface area (Å²) in [6.45, 7) is 0.0123. The third-order valence-electron chi connectivity index (χ3n) is 2.02. The van der Waals surface area contributed by atoms with Gasteiger partial charge in [-0.1, -0.05) is 6.07 Å². The summed E-state index contributed by atoms with van der Waals surface area (Å²) in [6, 6.07) is 3.25. The van der Waals surface area contributed by atoms with E-state index in [0.717, 1.165) is 12.1 Å². The Morgan fingerprint density at radius 2 is 1.81 bits per heavy atom. The van der Waals surface area contributed by atoms with Gasteiger partial charge in [-0.3, -0.25) is 0 Å². The van der Waals surface area contributed by atoms with E-state index < -0.39 is 32.8 Å². The fraction of sp³-hybridized carbons (Fsp3) is 0.400. The molecule has 16 heavy (non-hydrogen) atoms. The van der Waals surface area contributed by atoms with Crippen molar-refractivity contribution in [2.45, 2.75) is 5.75 Å². The summed E-state index contributed by atoms with van der Waals surface area (Å²) in [5.41, 5.74) is -0.418. The van der Waals surface area contributed by atoms with Crippen LogP contribution < -0.4 is 0 Å². The van der Waals surface area contributed by atoms with Crippen molar-refractivity contribution in [1.82, 2.24) is 0 Å². The van der Waals surface area contributed by atoms with Crippen LogP contribution in [-0.2, 0) is 20.3 Å². The van der Waals surface area contributed by atoms with Crippen molar-refractivity contribution in [3.8, 4) is 0 Å². The van der Waals surface area contributed by atoms with Crippen LogP contribution in [0.3, 0.4) is 0 Å². The summed E-state index contributed by atoms with van der Waals surface area (Å²) in [5.74, 6) is -2.59. The average molecular weight is 250 g/mol. The monoisotopic (exact) mass is 250 g/mol. The summed E-state index contributed by atoms with van der Waals surface area (Å²) in [7, 11) is -2.19. The van der Waals surface area contributed by atoms with Gasteiger partial charge in [0.2, 0.25) is 0 Å². The number of ether oxygens (including phenoxy) is 1. The van der Waals surface area contributed by atoms with Gasteiger partial charge in [0.1, 0.15) is 11.6 Å². The first-order chi connectivity index (χ1) is 7.46. The molecule has 6 heteroatoms. The van der Waals surface area contributed by atoms with Crippen LogP contribution in [0.4, 0.5) is 8.78 Å². The molecular weight excluding hydrogens is 238 g/mol. The highest BCUT2D eigenvalue weighted by atomic mass is 32.2. The van der Waals surface area contributed by atoms with Crippen LogP contribution in [0.2, 0.25) is 0 Å². The predicted molar refractivity (Wildman–Crippen MR) is 55.7 cm³/mol. The maximum atomic E-state index is 13.2. The second-order valence-electron chi connectivity index (χ2n) is 3.29. The second-order valence-corrected chi connectivity index (χ2v) is 5.47. The Kier molecular flexibility index (Phi) is 4.37. The van der Waals surface area contributed by atoms with Crippen LogP contribution in [-0.4, -0.2) is 27.9 Å². The highest BCUT2D eigenvalue weighted by molar-refractivity contribution is 7.90. The molecule has 0 aliphatic carbocycles. The van der Waals surface area contributed by atoms with Crippen molar-refractivity contribution in [3.63, 3.8) is 0 Å². The molecule has 0 aliphatic rings. The van der Waals surface area contributed by atoms with Gasteiger partial charge < -0.3 is 4.74 Å². The van der Waals surface area contributed by atoms with Gasteiger partial charge in [0, 0.05) is 12.7 Å². The molecule has 0 heterocycles. The maximum Gasteiger partial charge on any atom is 0.156 e. The molecule has 0 aromatic heterocycles. The summed E-state index contributed by atoms with van der Waals surface area (Å²) in [6.07, 6.45) is 0. The molecule has 90 valence electrons. The Morgan fingerprint density at radius 3 is 2.31 bits per heavy atom. The maximum absolute atomic E-state index is 13.2. The molecule has 0 spiro atoms. The number of hydrogen-bond donors (Lipinski definition) is 0. The van der Waals surface area contributed by atoms with Crippen molar-refractivity contribution < 1.29 is 21.9 Å². The lowest BCUT2D eigenvalue weighted by Gasteiger charge is -2.06. The number of benzene rings is 1. The molecule has 0 amide bonds. The molecule has 1 aromatic carbocycles. The van der Waals surface area contributed by atoms with E-state index in [1.807, 2.05) is 0 Å². The zero-order valence-corrected chi connectivity index (χ0v) is 9.56. The molecule has 0 fully saturated rings. The quantitative estimate of drug-likeness (QED) is 0.796. The molecule has 0 aliphatic heterocycles. The van der Waals surface area contributed by atoms with Gasteiger partial charge in [-0.05, 0) is 12.1 Å². The minimum Gasteiger partial charge on any atom is -0.384 e. The fourth-order valence-electron chi connectivity index (χ4n) is 1.17. The molecular formula is C10H12F2O3S. The molecule has 3 nitrogen and oxygen atoms in total. The van der Waals surface area contributed by atoms with Crippen LogP contribution in [0.1, 0.15) is 5.56 Å². The van der Waals surface area contributed by atoms with Gasteiger partial charge in [0.15, 0.2) is 9.84 Å². The first-order valence-electron chi connectivity index (χ1n) is 4.58. The number of hydrogen-bond acceptors (Lipinski definition) is 3. The van der Waals surface area contributed by atoms with Gasteiger partial charge in [-0.15, -0.1) is 0 Å². The summed E-state index contributed by atoms with van der Waals surface area (Å²) in [4.78, 5) is 0. The first kappa shape index (κ1) is 13.1. The van der Waals surface area contributed by atoms with E-state index in [2.05, 4.69) is 4.74 Å². The van der Waals surface area contributed by atoms with Crippen LogP contribution in [0, 0.1) is 11.6 Å². The van der Waals surface area contributed by atoms with Gasteiger partial charge in [0.05, 0.1) is 18.1 Å². The van der Waals surface area contributed by atoms with Crippen LogP contribution >= 0.6 is 0 Å². The summed E-state index contributed by atoms with van der Waals surface area (Å²) in [5, 5.41) is 0. The van der Waals surface area contributed by atoms with Gasteiger partial charge in [-0.2, -0.15) is 0 Å².